The molecule has 0 saturated carbocycles. The summed E-state index contributed by atoms with van der Waals surface area (Å²) in [4.78, 5) is 13.1. The Balaban J connectivity index is 2.41. The molecule has 0 aliphatic carbocycles. The summed E-state index contributed by atoms with van der Waals surface area (Å²) >= 11 is 0. The lowest BCUT2D eigenvalue weighted by molar-refractivity contribution is -0.142. The molecule has 0 aromatic heterocycles. The first kappa shape index (κ1) is 12.5. The fourth-order valence-corrected chi connectivity index (χ4v) is 2.00. The van der Waals surface area contributed by atoms with Gasteiger partial charge in [0, 0.05) is 0 Å². The minimum Gasteiger partial charge on any atom is -0.480 e. The Morgan fingerprint density at radius 2 is 2.20 bits per heavy atom. The Kier molecular flexibility index (Phi) is 4.14. The summed E-state index contributed by atoms with van der Waals surface area (Å²) in [6, 6.07) is -0.224. The van der Waals surface area contributed by atoms with Gasteiger partial charge in [0.25, 0.3) is 0 Å². The molecule has 1 rings (SSSR count). The fraction of sp³-hybridized carbons (Fsp3) is 0.917. The van der Waals surface area contributed by atoms with Crippen molar-refractivity contribution in [2.75, 3.05) is 13.1 Å². The van der Waals surface area contributed by atoms with Crippen molar-refractivity contribution in [2.24, 2.45) is 5.41 Å². The van der Waals surface area contributed by atoms with Crippen molar-refractivity contribution < 1.29 is 9.90 Å². The predicted molar refractivity (Wildman–Crippen MR) is 60.9 cm³/mol. The summed E-state index contributed by atoms with van der Waals surface area (Å²) in [5, 5.41) is 9.03. The standard InChI is InChI=1S/C12H23NO2/c1-4-12(2,3)7-9-13-8-5-6-10(13)11(14)15/h10H,4-9H2,1-3H3,(H,14,15)/t10-/m0/s1. The molecule has 88 valence electrons. The van der Waals surface area contributed by atoms with Crippen LogP contribution in [0.15, 0.2) is 0 Å². The number of nitrogens with zero attached hydrogens (tertiary/aromatic N) is 1. The summed E-state index contributed by atoms with van der Waals surface area (Å²) < 4.78 is 0. The number of carboxylic acid groups (broad SMARTS) is 1. The maximum Gasteiger partial charge on any atom is 0.320 e. The van der Waals surface area contributed by atoms with Gasteiger partial charge in [0.2, 0.25) is 0 Å². The zero-order valence-corrected chi connectivity index (χ0v) is 10.1. The molecule has 0 spiro atoms. The van der Waals surface area contributed by atoms with Crippen molar-refractivity contribution in [1.29, 1.82) is 0 Å². The molecule has 0 bridgehead atoms. The molecule has 1 atom stereocenters. The van der Waals surface area contributed by atoms with E-state index in [-0.39, 0.29) is 6.04 Å². The minimum absolute atomic E-state index is 0.224. The second kappa shape index (κ2) is 4.97. The summed E-state index contributed by atoms with van der Waals surface area (Å²) in [7, 11) is 0. The first-order valence-corrected chi connectivity index (χ1v) is 5.93. The molecule has 1 saturated heterocycles. The molecule has 0 aromatic carbocycles. The van der Waals surface area contributed by atoms with Crippen molar-refractivity contribution in [3.63, 3.8) is 0 Å². The third-order valence-electron chi connectivity index (χ3n) is 3.68. The highest BCUT2D eigenvalue weighted by Gasteiger charge is 2.31. The summed E-state index contributed by atoms with van der Waals surface area (Å²) in [6.07, 6.45) is 4.09. The van der Waals surface area contributed by atoms with Crippen LogP contribution in [0.1, 0.15) is 46.5 Å². The molecule has 1 aliphatic heterocycles. The van der Waals surface area contributed by atoms with E-state index in [9.17, 15) is 4.79 Å². The van der Waals surface area contributed by atoms with Crippen molar-refractivity contribution in [3.05, 3.63) is 0 Å². The number of rotatable bonds is 5. The summed E-state index contributed by atoms with van der Waals surface area (Å²) in [5.41, 5.74) is 0.339. The average Bonchev–Trinajstić information content (AvgIpc) is 2.63. The van der Waals surface area contributed by atoms with Gasteiger partial charge in [-0.05, 0) is 37.8 Å². The fourth-order valence-electron chi connectivity index (χ4n) is 2.00. The average molecular weight is 213 g/mol. The van der Waals surface area contributed by atoms with Gasteiger partial charge in [-0.3, -0.25) is 9.69 Å². The Bertz CT molecular complexity index is 226. The molecule has 1 aliphatic rings. The lowest BCUT2D eigenvalue weighted by atomic mass is 9.86. The summed E-state index contributed by atoms with van der Waals surface area (Å²) in [5.74, 6) is -0.651. The van der Waals surface area contributed by atoms with E-state index in [0.717, 1.165) is 38.8 Å². The van der Waals surface area contributed by atoms with Crippen LogP contribution in [0.5, 0.6) is 0 Å². The van der Waals surface area contributed by atoms with E-state index in [0.29, 0.717) is 5.41 Å². The van der Waals surface area contributed by atoms with Gasteiger partial charge >= 0.3 is 5.97 Å². The van der Waals surface area contributed by atoms with Gasteiger partial charge < -0.3 is 5.11 Å². The first-order chi connectivity index (χ1) is 6.96. The molecule has 0 aromatic rings. The summed E-state index contributed by atoms with van der Waals surface area (Å²) in [6.45, 7) is 8.57. The zero-order chi connectivity index (χ0) is 11.5. The highest BCUT2D eigenvalue weighted by atomic mass is 16.4. The lowest BCUT2D eigenvalue weighted by Gasteiger charge is -2.28. The van der Waals surface area contributed by atoms with Crippen LogP contribution in [0.4, 0.5) is 0 Å². The number of hydrogen-bond donors (Lipinski definition) is 1. The Labute approximate surface area is 92.5 Å². The van der Waals surface area contributed by atoms with Crippen LogP contribution in [0.3, 0.4) is 0 Å². The largest absolute Gasteiger partial charge is 0.480 e. The molecular formula is C12H23NO2. The molecule has 1 N–H and O–H groups in total. The predicted octanol–water partition coefficient (Wildman–Crippen LogP) is 2.36. The maximum atomic E-state index is 11.0. The lowest BCUT2D eigenvalue weighted by Crippen LogP contribution is -2.37. The topological polar surface area (TPSA) is 40.5 Å². The maximum absolute atomic E-state index is 11.0. The molecule has 15 heavy (non-hydrogen) atoms. The van der Waals surface area contributed by atoms with E-state index in [4.69, 9.17) is 5.11 Å². The van der Waals surface area contributed by atoms with E-state index < -0.39 is 5.97 Å². The highest BCUT2D eigenvalue weighted by Crippen LogP contribution is 2.27. The molecule has 3 heteroatoms. The molecule has 0 radical (unpaired) electrons. The first-order valence-electron chi connectivity index (χ1n) is 5.93. The zero-order valence-electron chi connectivity index (χ0n) is 10.1. The molecule has 0 amide bonds. The van der Waals surface area contributed by atoms with Crippen molar-refractivity contribution in [1.82, 2.24) is 4.90 Å². The molecule has 1 fully saturated rings. The van der Waals surface area contributed by atoms with Gasteiger partial charge in [-0.15, -0.1) is 0 Å². The smallest absolute Gasteiger partial charge is 0.320 e. The van der Waals surface area contributed by atoms with E-state index in [1.165, 1.54) is 0 Å². The van der Waals surface area contributed by atoms with Gasteiger partial charge in [0.15, 0.2) is 0 Å². The van der Waals surface area contributed by atoms with Gasteiger partial charge in [-0.25, -0.2) is 0 Å². The number of likely N-dealkylation sites (tertiary alicyclic amines) is 1. The second-order valence-electron chi connectivity index (χ2n) is 5.30. The van der Waals surface area contributed by atoms with Crippen LogP contribution in [-0.2, 0) is 4.79 Å². The van der Waals surface area contributed by atoms with Gasteiger partial charge in [0.05, 0.1) is 0 Å². The van der Waals surface area contributed by atoms with E-state index in [1.807, 2.05) is 0 Å². The Hall–Kier alpha value is -0.570. The van der Waals surface area contributed by atoms with E-state index in [2.05, 4.69) is 25.7 Å². The highest BCUT2D eigenvalue weighted by molar-refractivity contribution is 5.73. The van der Waals surface area contributed by atoms with Crippen LogP contribution in [0.2, 0.25) is 0 Å². The number of aliphatic carboxylic acids is 1. The van der Waals surface area contributed by atoms with Crippen molar-refractivity contribution in [2.45, 2.75) is 52.5 Å². The van der Waals surface area contributed by atoms with Gasteiger partial charge in [0.1, 0.15) is 6.04 Å². The van der Waals surface area contributed by atoms with Gasteiger partial charge in [-0.1, -0.05) is 27.2 Å². The molecular weight excluding hydrogens is 190 g/mol. The number of carbonyl (C=O) groups is 1. The Morgan fingerprint density at radius 1 is 1.53 bits per heavy atom. The van der Waals surface area contributed by atoms with Crippen LogP contribution in [-0.4, -0.2) is 35.1 Å². The quantitative estimate of drug-likeness (QED) is 0.762. The van der Waals surface area contributed by atoms with Crippen LogP contribution in [0, 0.1) is 5.41 Å². The van der Waals surface area contributed by atoms with Gasteiger partial charge in [-0.2, -0.15) is 0 Å². The Morgan fingerprint density at radius 3 is 2.73 bits per heavy atom. The second-order valence-corrected chi connectivity index (χ2v) is 5.30. The minimum atomic E-state index is -0.651. The molecule has 1 heterocycles. The van der Waals surface area contributed by atoms with Crippen molar-refractivity contribution in [3.8, 4) is 0 Å². The third kappa shape index (κ3) is 3.49. The van der Waals surface area contributed by atoms with Crippen LogP contribution >= 0.6 is 0 Å². The molecule has 0 unspecified atom stereocenters. The molecule has 3 nitrogen and oxygen atoms in total. The normalized spacial score (nSPS) is 23.3. The van der Waals surface area contributed by atoms with Crippen LogP contribution < -0.4 is 0 Å². The van der Waals surface area contributed by atoms with Crippen molar-refractivity contribution >= 4 is 5.97 Å². The number of carboxylic acids is 1. The van der Waals surface area contributed by atoms with Crippen LogP contribution in [0.25, 0.3) is 0 Å². The van der Waals surface area contributed by atoms with E-state index >= 15 is 0 Å². The number of hydrogen-bond acceptors (Lipinski definition) is 2. The third-order valence-corrected chi connectivity index (χ3v) is 3.68. The van der Waals surface area contributed by atoms with E-state index in [1.54, 1.807) is 0 Å². The monoisotopic (exact) mass is 213 g/mol. The SMILES string of the molecule is CCC(C)(C)CCN1CCC[C@H]1C(=O)O.